The van der Waals surface area contributed by atoms with Crippen molar-refractivity contribution in [2.45, 2.75) is 12.5 Å². The van der Waals surface area contributed by atoms with E-state index in [0.717, 1.165) is 56.3 Å². The highest BCUT2D eigenvalue weighted by Crippen LogP contribution is 2.26. The summed E-state index contributed by atoms with van der Waals surface area (Å²) in [5.41, 5.74) is 1.55. The molecule has 1 N–H and O–H groups in total. The molecule has 2 aliphatic rings. The number of piperazine rings is 1. The zero-order valence-electron chi connectivity index (χ0n) is 14.8. The van der Waals surface area contributed by atoms with E-state index in [4.69, 9.17) is 11.6 Å². The van der Waals surface area contributed by atoms with Crippen LogP contribution in [0.15, 0.2) is 29.6 Å². The topological polar surface area (TPSA) is 48.5 Å². The molecule has 9 heteroatoms. The summed E-state index contributed by atoms with van der Waals surface area (Å²) in [5, 5.41) is 6.81. The molecule has 1 unspecified atom stereocenters. The number of rotatable bonds is 3. The first-order valence-electron chi connectivity index (χ1n) is 8.66. The Morgan fingerprint density at radius 1 is 1.15 bits per heavy atom. The average Bonchev–Trinajstić information content (AvgIpc) is 3.33. The van der Waals surface area contributed by atoms with Crippen LogP contribution in [0.4, 0.5) is 0 Å². The number of hydrogen-bond acceptors (Lipinski definition) is 5. The highest BCUT2D eigenvalue weighted by atomic mass is 35.5. The summed E-state index contributed by atoms with van der Waals surface area (Å²) in [6.07, 6.45) is 1.06. The summed E-state index contributed by atoms with van der Waals surface area (Å²) in [7, 11) is 0. The van der Waals surface area contributed by atoms with Crippen molar-refractivity contribution in [2.24, 2.45) is 0 Å². The smallest absolute Gasteiger partial charge is 0.273 e. The zero-order valence-corrected chi connectivity index (χ0v) is 18.0. The number of halogens is 3. The molecule has 2 aliphatic heterocycles. The van der Waals surface area contributed by atoms with Gasteiger partial charge in [-0.3, -0.25) is 9.69 Å². The van der Waals surface area contributed by atoms with E-state index in [1.165, 1.54) is 11.3 Å². The molecule has 1 aromatic heterocycles. The second-order valence-corrected chi connectivity index (χ2v) is 7.82. The first-order valence-corrected chi connectivity index (χ1v) is 9.92. The molecule has 2 saturated heterocycles. The lowest BCUT2D eigenvalue weighted by molar-refractivity contribution is 0.0768. The molecule has 27 heavy (non-hydrogen) atoms. The van der Waals surface area contributed by atoms with Crippen molar-refractivity contribution in [1.29, 1.82) is 0 Å². The number of amides is 1. The number of likely N-dealkylation sites (tertiary alicyclic amines) is 1. The molecule has 2 aromatic rings. The van der Waals surface area contributed by atoms with Gasteiger partial charge in [0.1, 0.15) is 10.7 Å². The van der Waals surface area contributed by atoms with Crippen molar-refractivity contribution in [3.63, 3.8) is 0 Å². The Morgan fingerprint density at radius 2 is 1.85 bits per heavy atom. The fraction of sp³-hybridized carbons (Fsp3) is 0.444. The molecule has 3 heterocycles. The van der Waals surface area contributed by atoms with Gasteiger partial charge in [-0.05, 0) is 18.6 Å². The SMILES string of the molecule is Cl.Cl.O=C(c1csc(-c2ccc(Cl)cc2)n1)N1CCC(N2CCNCC2)C1. The fourth-order valence-corrected chi connectivity index (χ4v) is 4.46. The Bertz CT molecular complexity index is 749. The summed E-state index contributed by atoms with van der Waals surface area (Å²) in [5.74, 6) is 0.0501. The molecular formula is C18H23Cl3N4OS. The Hall–Kier alpha value is -0.890. The number of hydrogen-bond donors (Lipinski definition) is 1. The van der Waals surface area contributed by atoms with E-state index in [2.05, 4.69) is 15.2 Å². The molecule has 148 valence electrons. The van der Waals surface area contributed by atoms with Gasteiger partial charge in [-0.25, -0.2) is 4.98 Å². The van der Waals surface area contributed by atoms with Crippen molar-refractivity contribution in [3.05, 3.63) is 40.4 Å². The molecule has 1 amide bonds. The summed E-state index contributed by atoms with van der Waals surface area (Å²) < 4.78 is 0. The highest BCUT2D eigenvalue weighted by molar-refractivity contribution is 7.13. The number of nitrogens with zero attached hydrogens (tertiary/aromatic N) is 3. The molecule has 4 rings (SSSR count). The quantitative estimate of drug-likeness (QED) is 0.780. The summed E-state index contributed by atoms with van der Waals surface area (Å²) in [6, 6.07) is 8.05. The number of carbonyl (C=O) groups excluding carboxylic acids is 1. The van der Waals surface area contributed by atoms with Crippen LogP contribution >= 0.6 is 47.8 Å². The van der Waals surface area contributed by atoms with Gasteiger partial charge < -0.3 is 10.2 Å². The fourth-order valence-electron chi connectivity index (χ4n) is 3.53. The normalized spacial score (nSPS) is 20.0. The Balaban J connectivity index is 0.00000131. The van der Waals surface area contributed by atoms with Crippen LogP contribution < -0.4 is 5.32 Å². The zero-order chi connectivity index (χ0) is 17.2. The van der Waals surface area contributed by atoms with Gasteiger partial charge in [0.2, 0.25) is 0 Å². The van der Waals surface area contributed by atoms with Gasteiger partial charge in [0.15, 0.2) is 0 Å². The van der Waals surface area contributed by atoms with Gasteiger partial charge in [0.25, 0.3) is 5.91 Å². The standard InChI is InChI=1S/C18H21ClN4OS.2ClH/c19-14-3-1-13(2-4-14)17-21-16(12-25-17)18(24)23-8-5-15(11-23)22-9-6-20-7-10-22;;/h1-4,12,15,20H,5-11H2;2*1H. The van der Waals surface area contributed by atoms with Crippen molar-refractivity contribution >= 4 is 53.7 Å². The van der Waals surface area contributed by atoms with Crippen LogP contribution in [0.25, 0.3) is 10.6 Å². The second-order valence-electron chi connectivity index (χ2n) is 6.52. The van der Waals surface area contributed by atoms with Crippen LogP contribution in [0.5, 0.6) is 0 Å². The highest BCUT2D eigenvalue weighted by Gasteiger charge is 2.32. The van der Waals surface area contributed by atoms with E-state index in [0.29, 0.717) is 16.8 Å². The largest absolute Gasteiger partial charge is 0.336 e. The molecule has 0 radical (unpaired) electrons. The number of nitrogens with one attached hydrogen (secondary N) is 1. The number of carbonyl (C=O) groups is 1. The minimum Gasteiger partial charge on any atom is -0.336 e. The van der Waals surface area contributed by atoms with E-state index < -0.39 is 0 Å². The van der Waals surface area contributed by atoms with E-state index >= 15 is 0 Å². The van der Waals surface area contributed by atoms with Crippen molar-refractivity contribution < 1.29 is 4.79 Å². The molecule has 1 atom stereocenters. The molecule has 0 aliphatic carbocycles. The molecule has 0 saturated carbocycles. The van der Waals surface area contributed by atoms with E-state index in [1.807, 2.05) is 34.5 Å². The third kappa shape index (κ3) is 5.13. The van der Waals surface area contributed by atoms with E-state index in [9.17, 15) is 4.79 Å². The van der Waals surface area contributed by atoms with Gasteiger partial charge in [-0.15, -0.1) is 36.2 Å². The van der Waals surface area contributed by atoms with Gasteiger partial charge in [0.05, 0.1) is 0 Å². The lowest BCUT2D eigenvalue weighted by Crippen LogP contribution is -2.49. The van der Waals surface area contributed by atoms with Gasteiger partial charge in [-0.2, -0.15) is 0 Å². The van der Waals surface area contributed by atoms with Crippen molar-refractivity contribution in [3.8, 4) is 10.6 Å². The summed E-state index contributed by atoms with van der Waals surface area (Å²) in [4.78, 5) is 21.8. The third-order valence-corrected chi connectivity index (χ3v) is 6.08. The second kappa shape index (κ2) is 10.0. The first-order chi connectivity index (χ1) is 12.2. The van der Waals surface area contributed by atoms with Gasteiger partial charge >= 0.3 is 0 Å². The lowest BCUT2D eigenvalue weighted by atomic mass is 10.2. The minimum atomic E-state index is 0. The average molecular weight is 450 g/mol. The first kappa shape index (κ1) is 22.4. The number of aromatic nitrogens is 1. The maximum absolute atomic E-state index is 12.8. The van der Waals surface area contributed by atoms with Crippen LogP contribution in [0, 0.1) is 0 Å². The predicted octanol–water partition coefficient (Wildman–Crippen LogP) is 3.43. The summed E-state index contributed by atoms with van der Waals surface area (Å²) in [6.45, 7) is 5.87. The predicted molar refractivity (Wildman–Crippen MR) is 116 cm³/mol. The van der Waals surface area contributed by atoms with Crippen LogP contribution in [0.3, 0.4) is 0 Å². The monoisotopic (exact) mass is 448 g/mol. The molecule has 5 nitrogen and oxygen atoms in total. The van der Waals surface area contributed by atoms with Crippen molar-refractivity contribution in [2.75, 3.05) is 39.3 Å². The van der Waals surface area contributed by atoms with Gasteiger partial charge in [0, 0.05) is 61.3 Å². The van der Waals surface area contributed by atoms with Crippen LogP contribution in [0.2, 0.25) is 5.02 Å². The maximum Gasteiger partial charge on any atom is 0.273 e. The van der Waals surface area contributed by atoms with Crippen LogP contribution in [-0.2, 0) is 0 Å². The summed E-state index contributed by atoms with van der Waals surface area (Å²) >= 11 is 7.44. The van der Waals surface area contributed by atoms with Crippen molar-refractivity contribution in [1.82, 2.24) is 20.1 Å². The lowest BCUT2D eigenvalue weighted by Gasteiger charge is -2.32. The van der Waals surface area contributed by atoms with E-state index in [1.54, 1.807) is 0 Å². The molecule has 0 spiro atoms. The van der Waals surface area contributed by atoms with Crippen LogP contribution in [-0.4, -0.2) is 66.0 Å². The van der Waals surface area contributed by atoms with Crippen LogP contribution in [0.1, 0.15) is 16.9 Å². The minimum absolute atomic E-state index is 0. The Morgan fingerprint density at radius 3 is 2.56 bits per heavy atom. The number of benzene rings is 1. The van der Waals surface area contributed by atoms with E-state index in [-0.39, 0.29) is 30.7 Å². The van der Waals surface area contributed by atoms with Gasteiger partial charge in [-0.1, -0.05) is 23.7 Å². The Kier molecular flexibility index (Phi) is 8.34. The number of thiazole rings is 1. The molecular weight excluding hydrogens is 427 g/mol. The maximum atomic E-state index is 12.8. The Labute approximate surface area is 180 Å². The molecule has 2 fully saturated rings. The third-order valence-electron chi connectivity index (χ3n) is 4.93. The molecule has 1 aromatic carbocycles. The molecule has 0 bridgehead atoms.